The first kappa shape index (κ1) is 14.7. The molecule has 0 aliphatic heterocycles. The number of hydrogen-bond donors (Lipinski definition) is 1. The minimum absolute atomic E-state index is 0.114. The average molecular weight is 287 g/mol. The van der Waals surface area contributed by atoms with Gasteiger partial charge in [-0.3, -0.25) is 10.1 Å². The van der Waals surface area contributed by atoms with Crippen LogP contribution < -0.4 is 10.2 Å². The second kappa shape index (κ2) is 6.17. The lowest BCUT2D eigenvalue weighted by Gasteiger charge is -2.22. The van der Waals surface area contributed by atoms with E-state index in [0.717, 1.165) is 11.3 Å². The normalized spacial score (nSPS) is 10.2. The van der Waals surface area contributed by atoms with Crippen molar-refractivity contribution in [3.05, 3.63) is 46.1 Å². The van der Waals surface area contributed by atoms with Crippen molar-refractivity contribution in [3.8, 4) is 0 Å². The van der Waals surface area contributed by atoms with Crippen molar-refractivity contribution in [2.75, 3.05) is 23.8 Å². The van der Waals surface area contributed by atoms with Gasteiger partial charge in [-0.05, 0) is 26.0 Å². The van der Waals surface area contributed by atoms with Gasteiger partial charge in [0.1, 0.15) is 6.20 Å². The van der Waals surface area contributed by atoms with Crippen molar-refractivity contribution in [1.82, 2.24) is 9.97 Å². The van der Waals surface area contributed by atoms with Crippen LogP contribution in [0.3, 0.4) is 0 Å². The second-order valence-electron chi connectivity index (χ2n) is 4.49. The molecule has 7 nitrogen and oxygen atoms in total. The van der Waals surface area contributed by atoms with Gasteiger partial charge in [-0.25, -0.2) is 4.98 Å². The van der Waals surface area contributed by atoms with E-state index in [1.807, 2.05) is 38.1 Å². The fourth-order valence-corrected chi connectivity index (χ4v) is 1.99. The van der Waals surface area contributed by atoms with Crippen LogP contribution in [0.5, 0.6) is 0 Å². The Morgan fingerprint density at radius 1 is 1.33 bits per heavy atom. The van der Waals surface area contributed by atoms with Gasteiger partial charge in [-0.15, -0.1) is 0 Å². The molecule has 2 aromatic rings. The van der Waals surface area contributed by atoms with Crippen LogP contribution in [-0.2, 0) is 0 Å². The van der Waals surface area contributed by atoms with E-state index in [1.54, 1.807) is 11.9 Å². The molecule has 7 heteroatoms. The predicted octanol–water partition coefficient (Wildman–Crippen LogP) is 2.89. The van der Waals surface area contributed by atoms with Gasteiger partial charge in [-0.2, -0.15) is 4.98 Å². The summed E-state index contributed by atoms with van der Waals surface area (Å²) < 4.78 is 0. The molecule has 0 spiro atoms. The van der Waals surface area contributed by atoms with Crippen LogP contribution in [0.25, 0.3) is 0 Å². The smallest absolute Gasteiger partial charge is 0.330 e. The number of anilines is 3. The minimum Gasteiger partial charge on any atom is -0.357 e. The summed E-state index contributed by atoms with van der Waals surface area (Å²) in [5, 5.41) is 14.0. The number of benzene rings is 1. The maximum Gasteiger partial charge on any atom is 0.330 e. The molecule has 1 heterocycles. The molecule has 0 fully saturated rings. The molecule has 1 aromatic carbocycles. The van der Waals surface area contributed by atoms with E-state index in [0.29, 0.717) is 12.5 Å². The van der Waals surface area contributed by atoms with Crippen molar-refractivity contribution in [3.63, 3.8) is 0 Å². The summed E-state index contributed by atoms with van der Waals surface area (Å²) in [5.74, 6) is 0.631. The number of nitro groups is 1. The standard InChI is InChI=1S/C14H17N5O2/c1-4-18(11-7-5-10(2)6-8-11)13-12(19(20)21)9-16-14(15-3)17-13/h5-9H,4H2,1-3H3,(H,15,16,17). The molecule has 0 aliphatic rings. The predicted molar refractivity (Wildman–Crippen MR) is 82.1 cm³/mol. The Labute approximate surface area is 122 Å². The molecule has 1 aromatic heterocycles. The van der Waals surface area contributed by atoms with Crippen molar-refractivity contribution in [2.24, 2.45) is 0 Å². The Morgan fingerprint density at radius 2 is 2.00 bits per heavy atom. The Morgan fingerprint density at radius 3 is 2.52 bits per heavy atom. The Kier molecular flexibility index (Phi) is 4.32. The zero-order chi connectivity index (χ0) is 15.4. The van der Waals surface area contributed by atoms with Gasteiger partial charge in [0, 0.05) is 19.3 Å². The minimum atomic E-state index is -0.467. The first-order valence-electron chi connectivity index (χ1n) is 6.60. The third kappa shape index (κ3) is 3.07. The molecule has 21 heavy (non-hydrogen) atoms. The van der Waals surface area contributed by atoms with Crippen LogP contribution in [0, 0.1) is 17.0 Å². The highest BCUT2D eigenvalue weighted by atomic mass is 16.6. The van der Waals surface area contributed by atoms with Gasteiger partial charge in [0.15, 0.2) is 0 Å². The van der Waals surface area contributed by atoms with E-state index in [9.17, 15) is 10.1 Å². The van der Waals surface area contributed by atoms with E-state index in [4.69, 9.17) is 0 Å². The molecule has 0 bridgehead atoms. The second-order valence-corrected chi connectivity index (χ2v) is 4.49. The zero-order valence-electron chi connectivity index (χ0n) is 12.2. The number of nitrogens with zero attached hydrogens (tertiary/aromatic N) is 4. The summed E-state index contributed by atoms with van der Waals surface area (Å²) in [6, 6.07) is 7.77. The van der Waals surface area contributed by atoms with Gasteiger partial charge < -0.3 is 10.2 Å². The maximum absolute atomic E-state index is 11.2. The van der Waals surface area contributed by atoms with Crippen LogP contribution in [0.4, 0.5) is 23.1 Å². The van der Waals surface area contributed by atoms with E-state index in [-0.39, 0.29) is 11.5 Å². The van der Waals surface area contributed by atoms with Crippen LogP contribution in [0.2, 0.25) is 0 Å². The van der Waals surface area contributed by atoms with Gasteiger partial charge in [-0.1, -0.05) is 17.7 Å². The van der Waals surface area contributed by atoms with Crippen molar-refractivity contribution >= 4 is 23.1 Å². The largest absolute Gasteiger partial charge is 0.357 e. The summed E-state index contributed by atoms with van der Waals surface area (Å²) in [4.78, 5) is 20.7. The average Bonchev–Trinajstić information content (AvgIpc) is 2.49. The number of aromatic nitrogens is 2. The molecule has 110 valence electrons. The monoisotopic (exact) mass is 287 g/mol. The molecule has 2 rings (SSSR count). The van der Waals surface area contributed by atoms with Crippen LogP contribution in [0.15, 0.2) is 30.5 Å². The SMILES string of the molecule is CCN(c1ccc(C)cc1)c1nc(NC)ncc1[N+](=O)[O-]. The first-order chi connectivity index (χ1) is 10.1. The van der Waals surface area contributed by atoms with E-state index in [1.165, 1.54) is 6.20 Å². The van der Waals surface area contributed by atoms with Crippen molar-refractivity contribution in [2.45, 2.75) is 13.8 Å². The number of rotatable bonds is 5. The summed E-state index contributed by atoms with van der Waals surface area (Å²) in [5.41, 5.74) is 1.87. The Bertz CT molecular complexity index is 642. The third-order valence-electron chi connectivity index (χ3n) is 3.09. The molecule has 1 N–H and O–H groups in total. The Hall–Kier alpha value is -2.70. The zero-order valence-corrected chi connectivity index (χ0v) is 12.2. The fraction of sp³-hybridized carbons (Fsp3) is 0.286. The molecule has 0 amide bonds. The quantitative estimate of drug-likeness (QED) is 0.672. The number of aryl methyl sites for hydroxylation is 1. The topological polar surface area (TPSA) is 84.2 Å². The summed E-state index contributed by atoms with van der Waals surface area (Å²) in [7, 11) is 1.67. The maximum atomic E-state index is 11.2. The fourth-order valence-electron chi connectivity index (χ4n) is 1.99. The lowest BCUT2D eigenvalue weighted by atomic mass is 10.2. The number of hydrogen-bond acceptors (Lipinski definition) is 6. The lowest BCUT2D eigenvalue weighted by Crippen LogP contribution is -2.19. The highest BCUT2D eigenvalue weighted by Gasteiger charge is 2.23. The summed E-state index contributed by atoms with van der Waals surface area (Å²) in [6.07, 6.45) is 1.23. The number of nitrogens with one attached hydrogen (secondary N) is 1. The van der Waals surface area contributed by atoms with Gasteiger partial charge in [0.2, 0.25) is 11.8 Å². The van der Waals surface area contributed by atoms with Crippen LogP contribution in [-0.4, -0.2) is 28.5 Å². The highest BCUT2D eigenvalue weighted by molar-refractivity contribution is 5.69. The molecule has 0 unspecified atom stereocenters. The van der Waals surface area contributed by atoms with Gasteiger partial charge >= 0.3 is 5.69 Å². The summed E-state index contributed by atoms with van der Waals surface area (Å²) >= 11 is 0. The molecule has 0 saturated heterocycles. The lowest BCUT2D eigenvalue weighted by molar-refractivity contribution is -0.384. The van der Waals surface area contributed by atoms with Crippen molar-refractivity contribution in [1.29, 1.82) is 0 Å². The third-order valence-corrected chi connectivity index (χ3v) is 3.09. The van der Waals surface area contributed by atoms with Gasteiger partial charge in [0.25, 0.3) is 0 Å². The van der Waals surface area contributed by atoms with Crippen molar-refractivity contribution < 1.29 is 4.92 Å². The van der Waals surface area contributed by atoms with Crippen LogP contribution in [0.1, 0.15) is 12.5 Å². The summed E-state index contributed by atoms with van der Waals surface area (Å²) in [6.45, 7) is 4.47. The first-order valence-corrected chi connectivity index (χ1v) is 6.60. The van der Waals surface area contributed by atoms with E-state index >= 15 is 0 Å². The molecular weight excluding hydrogens is 270 g/mol. The Balaban J connectivity index is 2.54. The molecule has 0 radical (unpaired) electrons. The molecule has 0 saturated carbocycles. The molecule has 0 atom stereocenters. The molecular formula is C14H17N5O2. The van der Waals surface area contributed by atoms with E-state index in [2.05, 4.69) is 15.3 Å². The highest BCUT2D eigenvalue weighted by Crippen LogP contribution is 2.31. The van der Waals surface area contributed by atoms with Gasteiger partial charge in [0.05, 0.1) is 4.92 Å². The molecule has 0 aliphatic carbocycles. The van der Waals surface area contributed by atoms with Crippen LogP contribution >= 0.6 is 0 Å². The van der Waals surface area contributed by atoms with E-state index < -0.39 is 4.92 Å².